The molecule has 32 heavy (non-hydrogen) atoms. The molecule has 164 valence electrons. The lowest BCUT2D eigenvalue weighted by atomic mass is 10.0. The molecule has 2 aliphatic heterocycles. The van der Waals surface area contributed by atoms with Gasteiger partial charge >= 0.3 is 0 Å². The summed E-state index contributed by atoms with van der Waals surface area (Å²) in [5.41, 5.74) is 8.33. The van der Waals surface area contributed by atoms with Crippen molar-refractivity contribution in [3.63, 3.8) is 0 Å². The Morgan fingerprint density at radius 1 is 1.25 bits per heavy atom. The van der Waals surface area contributed by atoms with Crippen LogP contribution in [0.5, 0.6) is 0 Å². The van der Waals surface area contributed by atoms with E-state index in [-0.39, 0.29) is 11.9 Å². The van der Waals surface area contributed by atoms with Crippen LogP contribution in [0.25, 0.3) is 10.1 Å². The van der Waals surface area contributed by atoms with Crippen molar-refractivity contribution in [2.24, 2.45) is 0 Å². The molecule has 2 aromatic heterocycles. The largest absolute Gasteiger partial charge is 0.488 e. The van der Waals surface area contributed by atoms with Crippen LogP contribution in [-0.2, 0) is 11.3 Å². The van der Waals surface area contributed by atoms with E-state index in [1.54, 1.807) is 12.4 Å². The molecule has 2 aliphatic rings. The predicted octanol–water partition coefficient (Wildman–Crippen LogP) is 5.31. The first-order valence-corrected chi connectivity index (χ1v) is 11.8. The van der Waals surface area contributed by atoms with Crippen molar-refractivity contribution in [2.45, 2.75) is 53.1 Å². The quantitative estimate of drug-likeness (QED) is 0.480. The van der Waals surface area contributed by atoms with E-state index in [9.17, 15) is 4.79 Å². The van der Waals surface area contributed by atoms with Crippen molar-refractivity contribution < 1.29 is 9.53 Å². The highest BCUT2D eigenvalue weighted by atomic mass is 32.1. The van der Waals surface area contributed by atoms with E-state index in [4.69, 9.17) is 9.11 Å². The Labute approximate surface area is 192 Å². The highest BCUT2D eigenvalue weighted by molar-refractivity contribution is 7.13. The van der Waals surface area contributed by atoms with Gasteiger partial charge in [-0.1, -0.05) is 19.4 Å². The van der Waals surface area contributed by atoms with Gasteiger partial charge in [-0.3, -0.25) is 14.7 Å². The van der Waals surface area contributed by atoms with Gasteiger partial charge < -0.3 is 9.64 Å². The number of ether oxygens (including phenoxy) is 1. The van der Waals surface area contributed by atoms with Gasteiger partial charge in [-0.05, 0) is 67.7 Å². The zero-order chi connectivity index (χ0) is 22.4. The Bertz CT molecular complexity index is 1290. The summed E-state index contributed by atoms with van der Waals surface area (Å²) in [5.74, 6) is 1.43. The Kier molecular flexibility index (Phi) is 5.24. The molecule has 0 fully saturated rings. The van der Waals surface area contributed by atoms with Gasteiger partial charge in [0.25, 0.3) is 5.91 Å². The molecule has 1 atom stereocenters. The molecule has 0 N–H and O–H groups in total. The van der Waals surface area contributed by atoms with E-state index in [1.807, 2.05) is 17.9 Å². The number of aryl methyl sites for hydroxylation is 2. The molecular formula is C25H26N4O2S. The minimum Gasteiger partial charge on any atom is -0.488 e. The molecule has 0 bridgehead atoms. The van der Waals surface area contributed by atoms with E-state index in [2.05, 4.69) is 48.5 Å². The van der Waals surface area contributed by atoms with Crippen molar-refractivity contribution in [1.29, 1.82) is 0 Å². The number of benzene rings is 1. The first-order chi connectivity index (χ1) is 15.5. The number of carbonyl (C=O) groups excluding carboxylic acids is 1. The molecule has 3 aromatic rings. The van der Waals surface area contributed by atoms with Gasteiger partial charge in [0.1, 0.15) is 6.04 Å². The van der Waals surface area contributed by atoms with Crippen molar-refractivity contribution >= 4 is 33.2 Å². The second-order valence-electron chi connectivity index (χ2n) is 8.29. The number of nitrogens with zero attached hydrogens (tertiary/aromatic N) is 4. The fourth-order valence-electron chi connectivity index (χ4n) is 4.74. The molecule has 1 amide bonds. The molecule has 0 radical (unpaired) electrons. The number of aromatic nitrogens is 2. The summed E-state index contributed by atoms with van der Waals surface area (Å²) in [6.45, 7) is 9.42. The van der Waals surface area contributed by atoms with Crippen LogP contribution >= 0.6 is 11.5 Å². The monoisotopic (exact) mass is 446 g/mol. The normalized spacial score (nSPS) is 17.4. The van der Waals surface area contributed by atoms with Crippen LogP contribution in [-0.4, -0.2) is 32.8 Å². The van der Waals surface area contributed by atoms with Crippen LogP contribution in [0.4, 0.5) is 5.69 Å². The topological polar surface area (TPSA) is 58.6 Å². The first kappa shape index (κ1) is 20.7. The number of hydrogen-bond donors (Lipinski definition) is 0. The van der Waals surface area contributed by atoms with E-state index >= 15 is 0 Å². The lowest BCUT2D eigenvalue weighted by Crippen LogP contribution is -2.47. The van der Waals surface area contributed by atoms with Gasteiger partial charge in [-0.15, -0.1) is 0 Å². The molecule has 1 aromatic carbocycles. The number of rotatable bonds is 6. The Balaban J connectivity index is 1.66. The second kappa shape index (κ2) is 8.08. The molecule has 4 heterocycles. The summed E-state index contributed by atoms with van der Waals surface area (Å²) < 4.78 is 11.9. The SMILES string of the molecule is CCCC1C(OCC)=C=C2N(Cc3nsc4cc(C)cc(C)c34)c3ccncc3C(=O)N21. The summed E-state index contributed by atoms with van der Waals surface area (Å²) in [7, 11) is 0. The zero-order valence-electron chi connectivity index (χ0n) is 18.8. The molecule has 6 nitrogen and oxygen atoms in total. The molecular weight excluding hydrogens is 420 g/mol. The number of hydrogen-bond acceptors (Lipinski definition) is 6. The lowest BCUT2D eigenvalue weighted by molar-refractivity contribution is 0.0704. The maximum absolute atomic E-state index is 13.5. The number of anilines is 1. The van der Waals surface area contributed by atoms with Crippen LogP contribution < -0.4 is 4.90 Å². The summed E-state index contributed by atoms with van der Waals surface area (Å²) in [6.07, 6.45) is 5.15. The molecule has 0 saturated heterocycles. The molecule has 0 aliphatic carbocycles. The maximum Gasteiger partial charge on any atom is 0.264 e. The first-order valence-electron chi connectivity index (χ1n) is 11.1. The molecule has 1 unspecified atom stereocenters. The fraction of sp³-hybridized carbons (Fsp3) is 0.360. The van der Waals surface area contributed by atoms with E-state index in [0.29, 0.717) is 18.7 Å². The molecule has 7 heteroatoms. The van der Waals surface area contributed by atoms with E-state index < -0.39 is 0 Å². The van der Waals surface area contributed by atoms with Gasteiger partial charge in [0.05, 0.1) is 34.8 Å². The summed E-state index contributed by atoms with van der Waals surface area (Å²) in [5, 5.41) is 1.19. The second-order valence-corrected chi connectivity index (χ2v) is 9.09. The standard InChI is InChI=1S/C25H26N4O2S/c1-5-7-20-21(31-6-2)12-23-28(19-8-9-26-13-17(19)25(30)29(20)23)14-18-24-16(4)10-15(3)11-22(24)32-27-18/h8-11,13,20H,5-7,14H2,1-4H3. The summed E-state index contributed by atoms with van der Waals surface area (Å²) in [6, 6.07) is 6.14. The van der Waals surface area contributed by atoms with E-state index in [1.165, 1.54) is 32.7 Å². The van der Waals surface area contributed by atoms with Crippen molar-refractivity contribution in [2.75, 3.05) is 11.5 Å². The van der Waals surface area contributed by atoms with Gasteiger partial charge in [-0.25, -0.2) is 0 Å². The van der Waals surface area contributed by atoms with Gasteiger partial charge in [-0.2, -0.15) is 4.37 Å². The molecule has 0 saturated carbocycles. The highest BCUT2D eigenvalue weighted by Gasteiger charge is 2.43. The minimum atomic E-state index is -0.144. The van der Waals surface area contributed by atoms with Crippen LogP contribution in [0.15, 0.2) is 47.9 Å². The van der Waals surface area contributed by atoms with Crippen LogP contribution in [0.3, 0.4) is 0 Å². The lowest BCUT2D eigenvalue weighted by Gasteiger charge is -2.39. The zero-order valence-corrected chi connectivity index (χ0v) is 19.6. The van der Waals surface area contributed by atoms with Gasteiger partial charge in [0.15, 0.2) is 11.6 Å². The maximum atomic E-state index is 13.5. The third kappa shape index (κ3) is 3.20. The third-order valence-electron chi connectivity index (χ3n) is 6.03. The van der Waals surface area contributed by atoms with Crippen LogP contribution in [0.1, 0.15) is 53.9 Å². The third-order valence-corrected chi connectivity index (χ3v) is 6.86. The van der Waals surface area contributed by atoms with Crippen molar-refractivity contribution in [3.8, 4) is 0 Å². The highest BCUT2D eigenvalue weighted by Crippen LogP contribution is 2.41. The van der Waals surface area contributed by atoms with E-state index in [0.717, 1.165) is 35.8 Å². The van der Waals surface area contributed by atoms with Gasteiger partial charge in [0, 0.05) is 17.8 Å². The van der Waals surface area contributed by atoms with Crippen LogP contribution in [0.2, 0.25) is 0 Å². The Morgan fingerprint density at radius 2 is 2.09 bits per heavy atom. The average molecular weight is 447 g/mol. The average Bonchev–Trinajstić information content (AvgIpc) is 3.33. The number of pyridine rings is 1. The molecule has 5 rings (SSSR count). The van der Waals surface area contributed by atoms with Crippen LogP contribution in [0, 0.1) is 13.8 Å². The molecule has 0 spiro atoms. The summed E-state index contributed by atoms with van der Waals surface area (Å²) >= 11 is 1.53. The number of carbonyl (C=O) groups is 1. The van der Waals surface area contributed by atoms with Gasteiger partial charge in [0.2, 0.25) is 0 Å². The van der Waals surface area contributed by atoms with Crippen molar-refractivity contribution in [1.82, 2.24) is 14.3 Å². The van der Waals surface area contributed by atoms with Crippen molar-refractivity contribution in [3.05, 3.63) is 70.3 Å². The minimum absolute atomic E-state index is 0.0463. The Hall–Kier alpha value is -3.15. The Morgan fingerprint density at radius 3 is 2.88 bits per heavy atom. The number of fused-ring (bicyclic) bond motifs is 3. The smallest absolute Gasteiger partial charge is 0.264 e. The number of amides is 1. The predicted molar refractivity (Wildman–Crippen MR) is 127 cm³/mol. The fourth-order valence-corrected chi connectivity index (χ4v) is 5.71. The summed E-state index contributed by atoms with van der Waals surface area (Å²) in [4.78, 5) is 21.7.